The standard InChI is InChI=1S/C18H25FN6S/c1-3-20-18(22-11-17-24-23-16-5-4-8-25(16)17)21-10-13-6-7-15(19)9-14(13)12-26-2/h6-7,9H,3-5,8,10-12H2,1-2H3,(H2,20,21,22). The van der Waals surface area contributed by atoms with E-state index < -0.39 is 0 Å². The fourth-order valence-electron chi connectivity index (χ4n) is 3.05. The van der Waals surface area contributed by atoms with Crippen LogP contribution >= 0.6 is 11.8 Å². The third kappa shape index (κ3) is 4.55. The smallest absolute Gasteiger partial charge is 0.191 e. The molecule has 1 aliphatic rings. The Hall–Kier alpha value is -2.09. The van der Waals surface area contributed by atoms with E-state index in [0.717, 1.165) is 60.4 Å². The van der Waals surface area contributed by atoms with Crippen LogP contribution in [-0.2, 0) is 31.8 Å². The van der Waals surface area contributed by atoms with Crippen molar-refractivity contribution in [1.82, 2.24) is 25.4 Å². The second-order valence-corrected chi connectivity index (χ2v) is 7.05. The van der Waals surface area contributed by atoms with E-state index in [1.807, 2.05) is 19.2 Å². The Morgan fingerprint density at radius 1 is 1.31 bits per heavy atom. The Kier molecular flexibility index (Phi) is 6.49. The molecule has 2 N–H and O–H groups in total. The number of nitrogens with one attached hydrogen (secondary N) is 2. The number of nitrogens with zero attached hydrogens (tertiary/aromatic N) is 4. The number of hydrogen-bond donors (Lipinski definition) is 2. The van der Waals surface area contributed by atoms with Crippen molar-refractivity contribution >= 4 is 17.7 Å². The van der Waals surface area contributed by atoms with Gasteiger partial charge in [-0.1, -0.05) is 6.07 Å². The lowest BCUT2D eigenvalue weighted by molar-refractivity contribution is 0.625. The molecule has 0 unspecified atom stereocenters. The zero-order valence-electron chi connectivity index (χ0n) is 15.3. The molecule has 1 aliphatic heterocycles. The number of fused-ring (bicyclic) bond motifs is 1. The highest BCUT2D eigenvalue weighted by atomic mass is 32.2. The largest absolute Gasteiger partial charge is 0.357 e. The first-order valence-corrected chi connectivity index (χ1v) is 10.3. The summed E-state index contributed by atoms with van der Waals surface area (Å²) in [5, 5.41) is 15.1. The molecule has 6 nitrogen and oxygen atoms in total. The molecule has 8 heteroatoms. The zero-order valence-corrected chi connectivity index (χ0v) is 16.1. The fraction of sp³-hybridized carbons (Fsp3) is 0.500. The lowest BCUT2D eigenvalue weighted by Crippen LogP contribution is -2.37. The number of halogens is 1. The van der Waals surface area contributed by atoms with Gasteiger partial charge in [0.25, 0.3) is 0 Å². The van der Waals surface area contributed by atoms with Gasteiger partial charge in [0.1, 0.15) is 11.6 Å². The van der Waals surface area contributed by atoms with Gasteiger partial charge in [0.05, 0.1) is 13.1 Å². The van der Waals surface area contributed by atoms with Crippen LogP contribution in [0.15, 0.2) is 23.2 Å². The molecule has 0 bridgehead atoms. The first-order valence-electron chi connectivity index (χ1n) is 8.90. The summed E-state index contributed by atoms with van der Waals surface area (Å²) in [5.41, 5.74) is 2.04. The Labute approximate surface area is 157 Å². The van der Waals surface area contributed by atoms with Crippen LogP contribution in [0.5, 0.6) is 0 Å². The van der Waals surface area contributed by atoms with Crippen LogP contribution in [0.1, 0.15) is 36.1 Å². The molecule has 1 aromatic heterocycles. The van der Waals surface area contributed by atoms with Crippen LogP contribution < -0.4 is 10.6 Å². The predicted molar refractivity (Wildman–Crippen MR) is 104 cm³/mol. The molecule has 0 spiro atoms. The van der Waals surface area contributed by atoms with E-state index in [4.69, 9.17) is 0 Å². The van der Waals surface area contributed by atoms with Crippen LogP contribution in [0.3, 0.4) is 0 Å². The van der Waals surface area contributed by atoms with E-state index in [-0.39, 0.29) is 5.82 Å². The van der Waals surface area contributed by atoms with Crippen molar-refractivity contribution in [2.45, 2.75) is 45.2 Å². The number of aromatic nitrogens is 3. The van der Waals surface area contributed by atoms with E-state index in [1.165, 1.54) is 6.07 Å². The monoisotopic (exact) mass is 376 g/mol. The molecule has 1 aromatic carbocycles. The molecule has 0 amide bonds. The van der Waals surface area contributed by atoms with Crippen molar-refractivity contribution in [3.05, 3.63) is 46.8 Å². The predicted octanol–water partition coefficient (Wildman–Crippen LogP) is 2.48. The molecule has 0 fully saturated rings. The van der Waals surface area contributed by atoms with E-state index in [0.29, 0.717) is 13.1 Å². The SMILES string of the molecule is CCNC(=NCc1ccc(F)cc1CSC)NCc1nnc2n1CCC2. The van der Waals surface area contributed by atoms with Gasteiger partial charge in [-0.15, -0.1) is 10.2 Å². The number of rotatable bonds is 7. The average Bonchev–Trinajstić information content (AvgIpc) is 3.23. The molecule has 0 aliphatic carbocycles. The molecule has 0 atom stereocenters. The quantitative estimate of drug-likeness (QED) is 0.574. The minimum absolute atomic E-state index is 0.201. The number of benzene rings is 1. The first-order chi connectivity index (χ1) is 12.7. The fourth-order valence-corrected chi connectivity index (χ4v) is 3.63. The Bertz CT molecular complexity index is 773. The summed E-state index contributed by atoms with van der Waals surface area (Å²) in [7, 11) is 0. The summed E-state index contributed by atoms with van der Waals surface area (Å²) in [5.74, 6) is 3.30. The molecule has 2 heterocycles. The van der Waals surface area contributed by atoms with Crippen molar-refractivity contribution in [2.75, 3.05) is 12.8 Å². The van der Waals surface area contributed by atoms with Gasteiger partial charge in [-0.2, -0.15) is 11.8 Å². The van der Waals surface area contributed by atoms with Gasteiger partial charge in [0.2, 0.25) is 0 Å². The number of hydrogen-bond acceptors (Lipinski definition) is 4. The van der Waals surface area contributed by atoms with Crippen molar-refractivity contribution in [3.63, 3.8) is 0 Å². The van der Waals surface area contributed by atoms with Crippen molar-refractivity contribution in [1.29, 1.82) is 0 Å². The summed E-state index contributed by atoms with van der Waals surface area (Å²) >= 11 is 1.68. The lowest BCUT2D eigenvalue weighted by atomic mass is 10.1. The molecule has 3 rings (SSSR count). The van der Waals surface area contributed by atoms with Gasteiger partial charge in [-0.3, -0.25) is 0 Å². The molecule has 26 heavy (non-hydrogen) atoms. The van der Waals surface area contributed by atoms with Crippen LogP contribution in [0.25, 0.3) is 0 Å². The highest BCUT2D eigenvalue weighted by Crippen LogP contribution is 2.18. The maximum Gasteiger partial charge on any atom is 0.191 e. The molecule has 0 saturated carbocycles. The van der Waals surface area contributed by atoms with Gasteiger partial charge in [-0.25, -0.2) is 9.38 Å². The Morgan fingerprint density at radius 2 is 2.19 bits per heavy atom. The van der Waals surface area contributed by atoms with Gasteiger partial charge < -0.3 is 15.2 Å². The van der Waals surface area contributed by atoms with Gasteiger partial charge in [-0.05, 0) is 42.9 Å². The summed E-state index contributed by atoms with van der Waals surface area (Å²) in [6.45, 7) is 4.87. The second kappa shape index (κ2) is 9.02. The number of guanidine groups is 1. The normalized spacial score (nSPS) is 13.7. The molecular formula is C18H25FN6S. The minimum Gasteiger partial charge on any atom is -0.357 e. The molecule has 2 aromatic rings. The Morgan fingerprint density at radius 3 is 3.00 bits per heavy atom. The highest BCUT2D eigenvalue weighted by Gasteiger charge is 2.17. The van der Waals surface area contributed by atoms with Gasteiger partial charge >= 0.3 is 0 Å². The summed E-state index contributed by atoms with van der Waals surface area (Å²) in [4.78, 5) is 4.65. The lowest BCUT2D eigenvalue weighted by Gasteiger charge is -2.12. The summed E-state index contributed by atoms with van der Waals surface area (Å²) in [6, 6.07) is 4.91. The van der Waals surface area contributed by atoms with Gasteiger partial charge in [0.15, 0.2) is 11.8 Å². The van der Waals surface area contributed by atoms with E-state index in [2.05, 4.69) is 30.4 Å². The second-order valence-electron chi connectivity index (χ2n) is 6.18. The number of aliphatic imine (C=N–C) groups is 1. The maximum absolute atomic E-state index is 13.5. The van der Waals surface area contributed by atoms with E-state index in [9.17, 15) is 4.39 Å². The van der Waals surface area contributed by atoms with Crippen molar-refractivity contribution in [3.8, 4) is 0 Å². The van der Waals surface area contributed by atoms with Crippen molar-refractivity contribution in [2.24, 2.45) is 4.99 Å². The van der Waals surface area contributed by atoms with Crippen LogP contribution in [-0.4, -0.2) is 33.5 Å². The van der Waals surface area contributed by atoms with Crippen LogP contribution in [0.2, 0.25) is 0 Å². The Balaban J connectivity index is 1.67. The van der Waals surface area contributed by atoms with E-state index in [1.54, 1.807) is 17.8 Å². The molecular weight excluding hydrogens is 351 g/mol. The maximum atomic E-state index is 13.5. The van der Waals surface area contributed by atoms with E-state index >= 15 is 0 Å². The third-order valence-electron chi connectivity index (χ3n) is 4.32. The summed E-state index contributed by atoms with van der Waals surface area (Å²) in [6.07, 6.45) is 4.15. The molecule has 0 saturated heterocycles. The average molecular weight is 377 g/mol. The van der Waals surface area contributed by atoms with Crippen LogP contribution in [0.4, 0.5) is 4.39 Å². The zero-order chi connectivity index (χ0) is 18.4. The topological polar surface area (TPSA) is 67.1 Å². The number of thioether (sulfide) groups is 1. The van der Waals surface area contributed by atoms with Gasteiger partial charge in [0, 0.05) is 25.3 Å². The van der Waals surface area contributed by atoms with Crippen LogP contribution in [0, 0.1) is 5.82 Å². The highest BCUT2D eigenvalue weighted by molar-refractivity contribution is 7.97. The molecule has 140 valence electrons. The molecule has 0 radical (unpaired) electrons. The van der Waals surface area contributed by atoms with Crippen molar-refractivity contribution < 1.29 is 4.39 Å². The summed E-state index contributed by atoms with van der Waals surface area (Å²) < 4.78 is 15.7. The number of aryl methyl sites for hydroxylation is 1. The minimum atomic E-state index is -0.201. The first kappa shape index (κ1) is 18.7. The third-order valence-corrected chi connectivity index (χ3v) is 4.92.